The first-order valence-corrected chi connectivity index (χ1v) is 9.23. The van der Waals surface area contributed by atoms with E-state index in [0.717, 1.165) is 32.9 Å². The highest BCUT2D eigenvalue weighted by Crippen LogP contribution is 2.31. The molecule has 138 valence electrons. The quantitative estimate of drug-likeness (QED) is 0.578. The van der Waals surface area contributed by atoms with Crippen LogP contribution in [0.25, 0.3) is 15.9 Å². The normalized spacial score (nSPS) is 11.3. The molecule has 0 aliphatic rings. The Bertz CT molecular complexity index is 1170. The third-order valence-corrected chi connectivity index (χ3v) is 5.70. The maximum Gasteiger partial charge on any atom is 0.266 e. The molecule has 27 heavy (non-hydrogen) atoms. The summed E-state index contributed by atoms with van der Waals surface area (Å²) in [4.78, 5) is 14.2. The largest absolute Gasteiger partial charge is 0.306 e. The van der Waals surface area contributed by atoms with E-state index < -0.39 is 0 Å². The third-order valence-electron chi connectivity index (χ3n) is 4.59. The minimum atomic E-state index is -0.299. The molecule has 0 radical (unpaired) electrons. The molecule has 0 saturated carbocycles. The lowest BCUT2D eigenvalue weighted by molar-refractivity contribution is 0.102. The number of nitrogens with one attached hydrogen (secondary N) is 1. The maximum absolute atomic E-state index is 13.2. The van der Waals surface area contributed by atoms with Gasteiger partial charge in [-0.3, -0.25) is 9.48 Å². The molecule has 1 aromatic carbocycles. The Morgan fingerprint density at radius 3 is 2.44 bits per heavy atom. The van der Waals surface area contributed by atoms with E-state index >= 15 is 0 Å². The number of benzene rings is 1. The number of aryl methyl sites for hydroxylation is 3. The van der Waals surface area contributed by atoms with E-state index in [9.17, 15) is 9.18 Å². The molecule has 0 aliphatic heterocycles. The van der Waals surface area contributed by atoms with E-state index in [-0.39, 0.29) is 11.7 Å². The molecule has 1 amide bonds. The van der Waals surface area contributed by atoms with Gasteiger partial charge in [-0.1, -0.05) is 0 Å². The van der Waals surface area contributed by atoms with Gasteiger partial charge in [-0.25, -0.2) is 9.07 Å². The van der Waals surface area contributed by atoms with Crippen LogP contribution in [-0.2, 0) is 7.05 Å². The van der Waals surface area contributed by atoms with Crippen molar-refractivity contribution in [2.75, 3.05) is 5.32 Å². The van der Waals surface area contributed by atoms with Crippen molar-refractivity contribution in [1.29, 1.82) is 0 Å². The molecule has 6 nitrogen and oxygen atoms in total. The monoisotopic (exact) mass is 383 g/mol. The molecule has 8 heteroatoms. The summed E-state index contributed by atoms with van der Waals surface area (Å²) in [7, 11) is 1.80. The number of thiophene rings is 1. The molecule has 4 aromatic rings. The van der Waals surface area contributed by atoms with Crippen LogP contribution >= 0.6 is 11.3 Å². The molecule has 4 rings (SSSR count). The van der Waals surface area contributed by atoms with E-state index in [2.05, 4.69) is 15.5 Å². The number of fused-ring (bicyclic) bond motifs is 1. The predicted octanol–water partition coefficient (Wildman–Crippen LogP) is 4.14. The van der Waals surface area contributed by atoms with Crippen LogP contribution in [0.2, 0.25) is 0 Å². The van der Waals surface area contributed by atoms with Gasteiger partial charge < -0.3 is 5.32 Å². The number of hydrogen-bond donors (Lipinski definition) is 1. The molecular formula is C19H18FN5OS. The molecule has 0 aliphatic carbocycles. The minimum absolute atomic E-state index is 0.188. The lowest BCUT2D eigenvalue weighted by Crippen LogP contribution is -2.14. The maximum atomic E-state index is 13.2. The zero-order valence-electron chi connectivity index (χ0n) is 15.4. The van der Waals surface area contributed by atoms with E-state index in [1.165, 1.54) is 23.5 Å². The first-order chi connectivity index (χ1) is 12.8. The summed E-state index contributed by atoms with van der Waals surface area (Å²) in [5.74, 6) is 0.200. The molecule has 3 heterocycles. The number of anilines is 1. The highest BCUT2D eigenvalue weighted by molar-refractivity contribution is 7.20. The van der Waals surface area contributed by atoms with Crippen molar-refractivity contribution >= 4 is 33.3 Å². The highest BCUT2D eigenvalue weighted by Gasteiger charge is 2.19. The lowest BCUT2D eigenvalue weighted by Gasteiger charge is -2.05. The molecule has 0 atom stereocenters. The first kappa shape index (κ1) is 17.4. The fraction of sp³-hybridized carbons (Fsp3) is 0.211. The first-order valence-electron chi connectivity index (χ1n) is 8.42. The Morgan fingerprint density at radius 1 is 1.11 bits per heavy atom. The number of carbonyl (C=O) groups excluding carboxylic acids is 1. The second-order valence-corrected chi connectivity index (χ2v) is 7.47. The standard InChI is InChI=1S/C19H18FN5OS/c1-10-11(2)22-24(4)17(10)21-18(26)16-9-15-12(3)23-25(19(15)27-16)14-7-5-13(20)6-8-14/h5-9H,1-4H3,(H,21,26). The Hall–Kier alpha value is -3.00. The lowest BCUT2D eigenvalue weighted by atomic mass is 10.2. The predicted molar refractivity (Wildman–Crippen MR) is 104 cm³/mol. The summed E-state index contributed by atoms with van der Waals surface area (Å²) in [6.07, 6.45) is 0. The van der Waals surface area contributed by atoms with Crippen LogP contribution in [0, 0.1) is 26.6 Å². The third kappa shape index (κ3) is 2.91. The van der Waals surface area contributed by atoms with Crippen LogP contribution in [0.5, 0.6) is 0 Å². The van der Waals surface area contributed by atoms with Crippen LogP contribution in [0.4, 0.5) is 10.2 Å². The van der Waals surface area contributed by atoms with Gasteiger partial charge in [0, 0.05) is 18.0 Å². The Balaban J connectivity index is 1.72. The van der Waals surface area contributed by atoms with Gasteiger partial charge in [-0.15, -0.1) is 11.3 Å². The second-order valence-electron chi connectivity index (χ2n) is 6.44. The second kappa shape index (κ2) is 6.31. The average molecular weight is 383 g/mol. The van der Waals surface area contributed by atoms with Crippen LogP contribution < -0.4 is 5.32 Å². The van der Waals surface area contributed by atoms with E-state index in [1.54, 1.807) is 28.5 Å². The van der Waals surface area contributed by atoms with Crippen molar-refractivity contribution < 1.29 is 9.18 Å². The Kier molecular flexibility index (Phi) is 4.07. The molecule has 0 fully saturated rings. The molecular weight excluding hydrogens is 365 g/mol. The van der Waals surface area contributed by atoms with Crippen molar-refractivity contribution in [3.63, 3.8) is 0 Å². The number of halogens is 1. The van der Waals surface area contributed by atoms with Crippen molar-refractivity contribution in [2.45, 2.75) is 20.8 Å². The zero-order chi connectivity index (χ0) is 19.3. The Morgan fingerprint density at radius 2 is 1.81 bits per heavy atom. The summed E-state index contributed by atoms with van der Waals surface area (Å²) in [6, 6.07) is 7.97. The number of hydrogen-bond acceptors (Lipinski definition) is 4. The van der Waals surface area contributed by atoms with Gasteiger partial charge in [-0.2, -0.15) is 10.2 Å². The Labute approximate surface area is 159 Å². The molecule has 3 aromatic heterocycles. The summed E-state index contributed by atoms with van der Waals surface area (Å²) in [5, 5.41) is 12.7. The van der Waals surface area contributed by atoms with Gasteiger partial charge in [-0.05, 0) is 51.1 Å². The van der Waals surface area contributed by atoms with Gasteiger partial charge in [0.1, 0.15) is 16.5 Å². The van der Waals surface area contributed by atoms with Crippen molar-refractivity contribution in [1.82, 2.24) is 19.6 Å². The SMILES string of the molecule is Cc1nn(C)c(NC(=O)c2cc3c(C)nn(-c4ccc(F)cc4)c3s2)c1C. The average Bonchev–Trinajstić information content (AvgIpc) is 3.26. The topological polar surface area (TPSA) is 64.7 Å². The molecule has 0 spiro atoms. The molecule has 1 N–H and O–H groups in total. The number of amides is 1. The molecule has 0 saturated heterocycles. The summed E-state index contributed by atoms with van der Waals surface area (Å²) in [5.41, 5.74) is 3.39. The van der Waals surface area contributed by atoms with Gasteiger partial charge in [0.2, 0.25) is 0 Å². The summed E-state index contributed by atoms with van der Waals surface area (Å²) >= 11 is 1.35. The van der Waals surface area contributed by atoms with Crippen LogP contribution in [0.1, 0.15) is 26.6 Å². The molecule has 0 bridgehead atoms. The van der Waals surface area contributed by atoms with Crippen molar-refractivity contribution in [3.8, 4) is 5.69 Å². The number of rotatable bonds is 3. The van der Waals surface area contributed by atoms with Gasteiger partial charge in [0.05, 0.1) is 22.0 Å². The van der Waals surface area contributed by atoms with Gasteiger partial charge >= 0.3 is 0 Å². The summed E-state index contributed by atoms with van der Waals surface area (Å²) < 4.78 is 16.6. The van der Waals surface area contributed by atoms with Gasteiger partial charge in [0.25, 0.3) is 5.91 Å². The highest BCUT2D eigenvalue weighted by atomic mass is 32.1. The van der Waals surface area contributed by atoms with Gasteiger partial charge in [0.15, 0.2) is 0 Å². The van der Waals surface area contributed by atoms with E-state index in [1.807, 2.05) is 26.8 Å². The van der Waals surface area contributed by atoms with Crippen LogP contribution in [0.3, 0.4) is 0 Å². The van der Waals surface area contributed by atoms with E-state index in [0.29, 0.717) is 10.7 Å². The number of carbonyl (C=O) groups is 1. The fourth-order valence-electron chi connectivity index (χ4n) is 3.02. The van der Waals surface area contributed by atoms with Crippen molar-refractivity contribution in [3.05, 3.63) is 58.0 Å². The minimum Gasteiger partial charge on any atom is -0.306 e. The molecule has 0 unspecified atom stereocenters. The fourth-order valence-corrected chi connectivity index (χ4v) is 4.10. The smallest absolute Gasteiger partial charge is 0.266 e. The summed E-state index contributed by atoms with van der Waals surface area (Å²) in [6.45, 7) is 5.73. The number of nitrogens with zero attached hydrogens (tertiary/aromatic N) is 4. The van der Waals surface area contributed by atoms with Crippen LogP contribution in [0.15, 0.2) is 30.3 Å². The number of aromatic nitrogens is 4. The van der Waals surface area contributed by atoms with E-state index in [4.69, 9.17) is 0 Å². The zero-order valence-corrected chi connectivity index (χ0v) is 16.2. The van der Waals surface area contributed by atoms with Crippen LogP contribution in [-0.4, -0.2) is 25.5 Å². The van der Waals surface area contributed by atoms with Crippen molar-refractivity contribution in [2.24, 2.45) is 7.05 Å².